The molecule has 0 bridgehead atoms. The normalized spacial score (nSPS) is 23.3. The maximum absolute atomic E-state index is 12.4. The van der Waals surface area contributed by atoms with Gasteiger partial charge in [0.2, 0.25) is 5.91 Å². The minimum absolute atomic E-state index is 0.237. The van der Waals surface area contributed by atoms with E-state index < -0.39 is 0 Å². The second-order valence-corrected chi connectivity index (χ2v) is 6.14. The van der Waals surface area contributed by atoms with Gasteiger partial charge in [-0.3, -0.25) is 4.79 Å². The molecule has 0 radical (unpaired) electrons. The largest absolute Gasteiger partial charge is 0.383 e. The van der Waals surface area contributed by atoms with E-state index in [0.29, 0.717) is 0 Å². The molecule has 0 saturated heterocycles. The van der Waals surface area contributed by atoms with Crippen molar-refractivity contribution in [1.29, 1.82) is 0 Å². The first-order chi connectivity index (χ1) is 9.83. The van der Waals surface area contributed by atoms with Crippen molar-refractivity contribution in [3.8, 4) is 0 Å². The molecule has 1 aliphatic carbocycles. The van der Waals surface area contributed by atoms with Crippen molar-refractivity contribution in [2.24, 2.45) is 5.92 Å². The molecule has 1 aliphatic heterocycles. The number of hydrogen-bond acceptors (Lipinski definition) is 2. The highest BCUT2D eigenvalue weighted by molar-refractivity contribution is 5.79. The fraction of sp³-hybridized carbons (Fsp3) is 0.588. The minimum Gasteiger partial charge on any atom is -0.383 e. The molecular weight excluding hydrogens is 248 g/mol. The van der Waals surface area contributed by atoms with E-state index >= 15 is 0 Å². The van der Waals surface area contributed by atoms with Crippen LogP contribution in [-0.4, -0.2) is 18.5 Å². The Kier molecular flexibility index (Phi) is 4.24. The molecule has 2 aliphatic rings. The average Bonchev–Trinajstić information content (AvgIpc) is 2.76. The third kappa shape index (κ3) is 3.14. The van der Waals surface area contributed by atoms with Crippen LogP contribution in [0.4, 0.5) is 5.69 Å². The van der Waals surface area contributed by atoms with Gasteiger partial charge in [-0.15, -0.1) is 0 Å². The zero-order chi connectivity index (χ0) is 13.8. The lowest BCUT2D eigenvalue weighted by Gasteiger charge is -2.28. The van der Waals surface area contributed by atoms with Crippen molar-refractivity contribution >= 4 is 11.6 Å². The molecule has 1 aromatic rings. The Bertz CT molecular complexity index is 464. The molecule has 20 heavy (non-hydrogen) atoms. The van der Waals surface area contributed by atoms with Crippen LogP contribution >= 0.6 is 0 Å². The minimum atomic E-state index is 0.237. The summed E-state index contributed by atoms with van der Waals surface area (Å²) in [5.74, 6) is 0.521. The number of benzene rings is 1. The van der Waals surface area contributed by atoms with Crippen LogP contribution in [0.5, 0.6) is 0 Å². The highest BCUT2D eigenvalue weighted by Crippen LogP contribution is 2.24. The van der Waals surface area contributed by atoms with E-state index in [1.54, 1.807) is 0 Å². The number of hydrogen-bond donors (Lipinski definition) is 2. The van der Waals surface area contributed by atoms with E-state index in [0.717, 1.165) is 25.8 Å². The molecule has 1 atom stereocenters. The van der Waals surface area contributed by atoms with E-state index in [9.17, 15) is 4.79 Å². The van der Waals surface area contributed by atoms with Crippen LogP contribution in [0.2, 0.25) is 0 Å². The van der Waals surface area contributed by atoms with Gasteiger partial charge in [0.15, 0.2) is 0 Å². The lowest BCUT2D eigenvalue weighted by molar-refractivity contribution is -0.126. The Hall–Kier alpha value is -1.51. The van der Waals surface area contributed by atoms with Crippen molar-refractivity contribution in [2.75, 3.05) is 11.9 Å². The molecule has 3 rings (SSSR count). The maximum Gasteiger partial charge on any atom is 0.223 e. The van der Waals surface area contributed by atoms with Gasteiger partial charge in [-0.25, -0.2) is 0 Å². The monoisotopic (exact) mass is 272 g/mol. The first-order valence-corrected chi connectivity index (χ1v) is 7.95. The zero-order valence-electron chi connectivity index (χ0n) is 12.0. The van der Waals surface area contributed by atoms with Gasteiger partial charge in [-0.05, 0) is 30.9 Å². The third-order valence-corrected chi connectivity index (χ3v) is 4.59. The summed E-state index contributed by atoms with van der Waals surface area (Å²) in [6.45, 7) is 0.843. The van der Waals surface area contributed by atoms with Gasteiger partial charge in [-0.1, -0.05) is 43.9 Å². The van der Waals surface area contributed by atoms with Crippen LogP contribution in [-0.2, 0) is 11.2 Å². The molecule has 0 spiro atoms. The van der Waals surface area contributed by atoms with Gasteiger partial charge in [0.1, 0.15) is 0 Å². The Morgan fingerprint density at radius 3 is 2.65 bits per heavy atom. The Morgan fingerprint density at radius 2 is 1.85 bits per heavy atom. The molecule has 1 amide bonds. The summed E-state index contributed by atoms with van der Waals surface area (Å²) >= 11 is 0. The van der Waals surface area contributed by atoms with Crippen molar-refractivity contribution in [3.63, 3.8) is 0 Å². The van der Waals surface area contributed by atoms with Crippen molar-refractivity contribution < 1.29 is 4.79 Å². The van der Waals surface area contributed by atoms with Crippen LogP contribution in [0.25, 0.3) is 0 Å². The van der Waals surface area contributed by atoms with Crippen LogP contribution in [0.3, 0.4) is 0 Å². The van der Waals surface area contributed by atoms with Crippen LogP contribution in [0.1, 0.15) is 44.1 Å². The second-order valence-electron chi connectivity index (χ2n) is 6.14. The quantitative estimate of drug-likeness (QED) is 0.812. The number of carbonyl (C=O) groups is 1. The molecule has 1 fully saturated rings. The number of fused-ring (bicyclic) bond motifs is 1. The Balaban J connectivity index is 1.57. The van der Waals surface area contributed by atoms with Crippen molar-refractivity contribution in [2.45, 2.75) is 51.0 Å². The number of anilines is 1. The summed E-state index contributed by atoms with van der Waals surface area (Å²) in [6, 6.07) is 8.61. The standard InChI is InChI=1S/C17H24N2O/c20-17(13-7-3-1-2-4-8-13)19-15-11-14-9-5-6-10-16(14)18-12-15/h5-6,9-10,13,15,18H,1-4,7-8,11-12H2,(H,19,20). The number of amides is 1. The molecule has 1 aromatic carbocycles. The van der Waals surface area contributed by atoms with Crippen molar-refractivity contribution in [1.82, 2.24) is 5.32 Å². The molecule has 3 heteroatoms. The second kappa shape index (κ2) is 6.29. The fourth-order valence-electron chi connectivity index (χ4n) is 3.40. The summed E-state index contributed by atoms with van der Waals surface area (Å²) in [4.78, 5) is 12.4. The molecule has 1 heterocycles. The lowest BCUT2D eigenvalue weighted by atomic mass is 9.96. The predicted molar refractivity (Wildman–Crippen MR) is 81.8 cm³/mol. The van der Waals surface area contributed by atoms with E-state index in [4.69, 9.17) is 0 Å². The maximum atomic E-state index is 12.4. The number of carbonyl (C=O) groups excluding carboxylic acids is 1. The summed E-state index contributed by atoms with van der Waals surface area (Å²) < 4.78 is 0. The van der Waals surface area contributed by atoms with Crippen LogP contribution in [0, 0.1) is 5.92 Å². The topological polar surface area (TPSA) is 41.1 Å². The van der Waals surface area contributed by atoms with E-state index in [1.807, 2.05) is 0 Å². The summed E-state index contributed by atoms with van der Waals surface area (Å²) in [5, 5.41) is 6.67. The Morgan fingerprint density at radius 1 is 1.10 bits per heavy atom. The fourth-order valence-corrected chi connectivity index (χ4v) is 3.40. The lowest BCUT2D eigenvalue weighted by Crippen LogP contribution is -2.45. The van der Waals surface area contributed by atoms with Crippen LogP contribution < -0.4 is 10.6 Å². The van der Waals surface area contributed by atoms with Crippen LogP contribution in [0.15, 0.2) is 24.3 Å². The first kappa shape index (κ1) is 13.5. The smallest absolute Gasteiger partial charge is 0.223 e. The highest BCUT2D eigenvalue weighted by Gasteiger charge is 2.24. The number of rotatable bonds is 2. The average molecular weight is 272 g/mol. The number of para-hydroxylation sites is 1. The molecular formula is C17H24N2O. The summed E-state index contributed by atoms with van der Waals surface area (Å²) in [6.07, 6.45) is 8.10. The third-order valence-electron chi connectivity index (χ3n) is 4.59. The molecule has 1 saturated carbocycles. The molecule has 3 nitrogen and oxygen atoms in total. The predicted octanol–water partition coefficient (Wildman–Crippen LogP) is 3.11. The van der Waals surface area contributed by atoms with E-state index in [-0.39, 0.29) is 17.9 Å². The summed E-state index contributed by atoms with van der Waals surface area (Å²) in [5.41, 5.74) is 2.53. The van der Waals surface area contributed by atoms with E-state index in [2.05, 4.69) is 34.9 Å². The molecule has 1 unspecified atom stereocenters. The van der Waals surface area contributed by atoms with Gasteiger partial charge >= 0.3 is 0 Å². The molecule has 2 N–H and O–H groups in total. The number of nitrogens with one attached hydrogen (secondary N) is 2. The molecule has 0 aromatic heterocycles. The van der Waals surface area contributed by atoms with Crippen molar-refractivity contribution in [3.05, 3.63) is 29.8 Å². The van der Waals surface area contributed by atoms with Gasteiger partial charge in [0.25, 0.3) is 0 Å². The van der Waals surface area contributed by atoms with Gasteiger partial charge in [-0.2, -0.15) is 0 Å². The van der Waals surface area contributed by atoms with E-state index in [1.165, 1.54) is 36.9 Å². The Labute approximate surface area is 121 Å². The highest BCUT2D eigenvalue weighted by atomic mass is 16.1. The van der Waals surface area contributed by atoms with Gasteiger partial charge in [0, 0.05) is 18.2 Å². The SMILES string of the molecule is O=C(NC1CNc2ccccc2C1)C1CCCCCC1. The summed E-state index contributed by atoms with van der Waals surface area (Å²) in [7, 11) is 0. The van der Waals surface area contributed by atoms with Gasteiger partial charge < -0.3 is 10.6 Å². The molecule has 108 valence electrons. The van der Waals surface area contributed by atoms with Gasteiger partial charge in [0.05, 0.1) is 6.04 Å². The first-order valence-electron chi connectivity index (χ1n) is 7.95. The zero-order valence-corrected chi connectivity index (χ0v) is 12.0.